The van der Waals surface area contributed by atoms with Crippen molar-refractivity contribution in [3.05, 3.63) is 11.6 Å². The maximum Gasteiger partial charge on any atom is 0.333 e. The Morgan fingerprint density at radius 1 is 1.50 bits per heavy atom. The summed E-state index contributed by atoms with van der Waals surface area (Å²) in [5.41, 5.74) is 0.669. The summed E-state index contributed by atoms with van der Waals surface area (Å²) < 4.78 is 9.99. The highest BCUT2D eigenvalue weighted by Crippen LogP contribution is 2.12. The van der Waals surface area contributed by atoms with E-state index in [1.165, 1.54) is 7.11 Å². The number of piperidine rings is 1. The number of likely N-dealkylation sites (tertiary alicyclic amines) is 1. The minimum atomic E-state index is -0.250. The third-order valence-corrected chi connectivity index (χ3v) is 2.96. The molecule has 0 saturated carbocycles. The molecule has 0 N–H and O–H groups in total. The Balaban J connectivity index is 2.39. The molecule has 0 aliphatic carbocycles. The molecule has 1 unspecified atom stereocenters. The highest BCUT2D eigenvalue weighted by atomic mass is 16.5. The van der Waals surface area contributed by atoms with Gasteiger partial charge in [0.05, 0.1) is 13.2 Å². The van der Waals surface area contributed by atoms with Gasteiger partial charge in [-0.1, -0.05) is 6.08 Å². The zero-order valence-electron chi connectivity index (χ0n) is 10.4. The number of carbonyl (C=O) groups excluding carboxylic acids is 1. The summed E-state index contributed by atoms with van der Waals surface area (Å²) in [7, 11) is 3.16. The summed E-state index contributed by atoms with van der Waals surface area (Å²) in [6.45, 7) is 4.59. The van der Waals surface area contributed by atoms with E-state index in [2.05, 4.69) is 9.64 Å². The SMILES string of the molecule is COC(=O)/C(C)=C\CN1CCCC(OC)C1. The average molecular weight is 227 g/mol. The van der Waals surface area contributed by atoms with E-state index in [9.17, 15) is 4.79 Å². The van der Waals surface area contributed by atoms with E-state index in [0.717, 1.165) is 32.5 Å². The molecule has 1 aliphatic rings. The summed E-state index contributed by atoms with van der Waals surface area (Å²) in [5, 5.41) is 0. The van der Waals surface area contributed by atoms with Crippen LogP contribution in [-0.4, -0.2) is 50.8 Å². The predicted molar refractivity (Wildman–Crippen MR) is 62.2 cm³/mol. The molecule has 0 aromatic carbocycles. The number of hydrogen-bond donors (Lipinski definition) is 0. The van der Waals surface area contributed by atoms with Crippen LogP contribution in [0, 0.1) is 0 Å². The molecule has 1 atom stereocenters. The first kappa shape index (κ1) is 13.2. The Morgan fingerprint density at radius 2 is 2.25 bits per heavy atom. The Labute approximate surface area is 97.2 Å². The van der Waals surface area contributed by atoms with Crippen LogP contribution in [-0.2, 0) is 14.3 Å². The van der Waals surface area contributed by atoms with Gasteiger partial charge in [0.2, 0.25) is 0 Å². The van der Waals surface area contributed by atoms with Crippen molar-refractivity contribution in [1.82, 2.24) is 4.90 Å². The molecule has 1 saturated heterocycles. The Kier molecular flexibility index (Phi) is 5.49. The maximum atomic E-state index is 11.2. The highest BCUT2D eigenvalue weighted by Gasteiger charge is 2.18. The maximum absolute atomic E-state index is 11.2. The van der Waals surface area contributed by atoms with E-state index in [-0.39, 0.29) is 5.97 Å². The van der Waals surface area contributed by atoms with Crippen molar-refractivity contribution < 1.29 is 14.3 Å². The third-order valence-electron chi connectivity index (χ3n) is 2.96. The lowest BCUT2D eigenvalue weighted by molar-refractivity contribution is -0.136. The third kappa shape index (κ3) is 3.94. The number of methoxy groups -OCH3 is 2. The second-order valence-electron chi connectivity index (χ2n) is 4.14. The first-order chi connectivity index (χ1) is 7.67. The largest absolute Gasteiger partial charge is 0.466 e. The van der Waals surface area contributed by atoms with Crippen molar-refractivity contribution >= 4 is 5.97 Å². The fourth-order valence-electron chi connectivity index (χ4n) is 1.88. The number of rotatable bonds is 4. The molecular formula is C12H21NO3. The van der Waals surface area contributed by atoms with Crippen LogP contribution in [0.15, 0.2) is 11.6 Å². The summed E-state index contributed by atoms with van der Waals surface area (Å²) in [6, 6.07) is 0. The summed E-state index contributed by atoms with van der Waals surface area (Å²) in [6.07, 6.45) is 4.54. The Bertz CT molecular complexity index is 263. The quantitative estimate of drug-likeness (QED) is 0.534. The minimum absolute atomic E-state index is 0.250. The van der Waals surface area contributed by atoms with Crippen LogP contribution in [0.1, 0.15) is 19.8 Å². The number of carbonyl (C=O) groups is 1. The fourth-order valence-corrected chi connectivity index (χ4v) is 1.88. The van der Waals surface area contributed by atoms with E-state index < -0.39 is 0 Å². The van der Waals surface area contributed by atoms with Crippen LogP contribution in [0.2, 0.25) is 0 Å². The monoisotopic (exact) mass is 227 g/mol. The molecule has 0 spiro atoms. The molecule has 1 aliphatic heterocycles. The molecule has 0 bridgehead atoms. The molecule has 4 nitrogen and oxygen atoms in total. The summed E-state index contributed by atoms with van der Waals surface area (Å²) >= 11 is 0. The predicted octanol–water partition coefficient (Wildman–Crippen LogP) is 1.22. The van der Waals surface area contributed by atoms with Gasteiger partial charge in [-0.3, -0.25) is 4.90 Å². The van der Waals surface area contributed by atoms with Gasteiger partial charge in [-0.15, -0.1) is 0 Å². The molecule has 0 aromatic heterocycles. The highest BCUT2D eigenvalue weighted by molar-refractivity contribution is 5.87. The second kappa shape index (κ2) is 6.66. The second-order valence-corrected chi connectivity index (χ2v) is 4.14. The van der Waals surface area contributed by atoms with Crippen LogP contribution in [0.3, 0.4) is 0 Å². The molecule has 1 heterocycles. The summed E-state index contributed by atoms with van der Waals surface area (Å²) in [5.74, 6) is -0.250. The Hall–Kier alpha value is -0.870. The molecule has 92 valence electrons. The lowest BCUT2D eigenvalue weighted by Gasteiger charge is -2.31. The van der Waals surface area contributed by atoms with Gasteiger partial charge in [0.25, 0.3) is 0 Å². The standard InChI is InChI=1S/C12H21NO3/c1-10(12(14)16-3)6-8-13-7-4-5-11(9-13)15-2/h6,11H,4-5,7-9H2,1-3H3/b10-6-. The van der Waals surface area contributed by atoms with Gasteiger partial charge < -0.3 is 9.47 Å². The van der Waals surface area contributed by atoms with Crippen molar-refractivity contribution in [3.8, 4) is 0 Å². The zero-order valence-corrected chi connectivity index (χ0v) is 10.4. The number of ether oxygens (including phenoxy) is 2. The van der Waals surface area contributed by atoms with Gasteiger partial charge in [-0.2, -0.15) is 0 Å². The molecule has 16 heavy (non-hydrogen) atoms. The smallest absolute Gasteiger partial charge is 0.333 e. The van der Waals surface area contributed by atoms with Crippen molar-refractivity contribution in [3.63, 3.8) is 0 Å². The molecule has 1 fully saturated rings. The summed E-state index contributed by atoms with van der Waals surface area (Å²) in [4.78, 5) is 13.5. The van der Waals surface area contributed by atoms with Gasteiger partial charge in [0.1, 0.15) is 0 Å². The van der Waals surface area contributed by atoms with E-state index in [0.29, 0.717) is 11.7 Å². The number of nitrogens with zero attached hydrogens (tertiary/aromatic N) is 1. The van der Waals surface area contributed by atoms with Gasteiger partial charge >= 0.3 is 5.97 Å². The first-order valence-corrected chi connectivity index (χ1v) is 5.67. The molecule has 0 amide bonds. The lowest BCUT2D eigenvalue weighted by atomic mass is 10.1. The van der Waals surface area contributed by atoms with E-state index in [1.807, 2.05) is 6.08 Å². The van der Waals surface area contributed by atoms with Crippen molar-refractivity contribution in [1.29, 1.82) is 0 Å². The molecule has 0 radical (unpaired) electrons. The molecular weight excluding hydrogens is 206 g/mol. The van der Waals surface area contributed by atoms with Gasteiger partial charge in [0.15, 0.2) is 0 Å². The lowest BCUT2D eigenvalue weighted by Crippen LogP contribution is -2.39. The van der Waals surface area contributed by atoms with E-state index >= 15 is 0 Å². The topological polar surface area (TPSA) is 38.8 Å². The van der Waals surface area contributed by atoms with E-state index in [4.69, 9.17) is 4.74 Å². The molecule has 0 aromatic rings. The minimum Gasteiger partial charge on any atom is -0.466 e. The average Bonchev–Trinajstić information content (AvgIpc) is 2.35. The fraction of sp³-hybridized carbons (Fsp3) is 0.750. The van der Waals surface area contributed by atoms with Gasteiger partial charge in [-0.25, -0.2) is 4.79 Å². The van der Waals surface area contributed by atoms with Crippen LogP contribution < -0.4 is 0 Å². The molecule has 4 heteroatoms. The van der Waals surface area contributed by atoms with Crippen LogP contribution in [0.4, 0.5) is 0 Å². The van der Waals surface area contributed by atoms with Crippen LogP contribution in [0.5, 0.6) is 0 Å². The van der Waals surface area contributed by atoms with E-state index in [1.54, 1.807) is 14.0 Å². The normalized spacial score (nSPS) is 23.2. The van der Waals surface area contributed by atoms with Gasteiger partial charge in [0, 0.05) is 25.8 Å². The van der Waals surface area contributed by atoms with Crippen molar-refractivity contribution in [2.45, 2.75) is 25.9 Å². The molecule has 1 rings (SSSR count). The van der Waals surface area contributed by atoms with Crippen molar-refractivity contribution in [2.24, 2.45) is 0 Å². The number of hydrogen-bond acceptors (Lipinski definition) is 4. The zero-order chi connectivity index (χ0) is 12.0. The van der Waals surface area contributed by atoms with Crippen molar-refractivity contribution in [2.75, 3.05) is 33.9 Å². The Morgan fingerprint density at radius 3 is 2.88 bits per heavy atom. The van der Waals surface area contributed by atoms with Crippen LogP contribution >= 0.6 is 0 Å². The van der Waals surface area contributed by atoms with Crippen LogP contribution in [0.25, 0.3) is 0 Å². The number of esters is 1. The first-order valence-electron chi connectivity index (χ1n) is 5.67. The van der Waals surface area contributed by atoms with Gasteiger partial charge in [-0.05, 0) is 26.3 Å².